The van der Waals surface area contributed by atoms with Gasteiger partial charge in [0.05, 0.1) is 31.6 Å². The van der Waals surface area contributed by atoms with Crippen LogP contribution in [0.4, 0.5) is 5.69 Å². The Kier molecular flexibility index (Phi) is 5.71. The van der Waals surface area contributed by atoms with Crippen LogP contribution in [-0.2, 0) is 0 Å². The van der Waals surface area contributed by atoms with Crippen molar-refractivity contribution >= 4 is 23.0 Å². The number of hydrogen-bond donors (Lipinski definition) is 1. The van der Waals surface area contributed by atoms with Crippen LogP contribution in [0.2, 0.25) is 0 Å². The number of ether oxygens (including phenoxy) is 2. The first-order valence-electron chi connectivity index (χ1n) is 10.7. The number of methoxy groups -OCH3 is 2. The first kappa shape index (κ1) is 21.0. The fourth-order valence-corrected chi connectivity index (χ4v) is 4.70. The van der Waals surface area contributed by atoms with Crippen molar-refractivity contribution in [2.24, 2.45) is 0 Å². The lowest BCUT2D eigenvalue weighted by Gasteiger charge is -2.30. The zero-order valence-corrected chi connectivity index (χ0v) is 19.2. The smallest absolute Gasteiger partial charge is 0.174 e. The number of aromatic nitrogens is 2. The highest BCUT2D eigenvalue weighted by atomic mass is 32.1. The van der Waals surface area contributed by atoms with E-state index in [1.165, 1.54) is 0 Å². The fraction of sp³-hybridized carbons (Fsp3) is 0.154. The maximum Gasteiger partial charge on any atom is 0.174 e. The first-order chi connectivity index (χ1) is 16.2. The van der Waals surface area contributed by atoms with Crippen molar-refractivity contribution in [2.45, 2.75) is 12.1 Å². The molecule has 0 spiro atoms. The van der Waals surface area contributed by atoms with Gasteiger partial charge in [0, 0.05) is 29.8 Å². The number of nitrogens with zero attached hydrogens (tertiary/aromatic N) is 3. The quantitative estimate of drug-likeness (QED) is 0.409. The topological polar surface area (TPSA) is 51.6 Å². The van der Waals surface area contributed by atoms with Gasteiger partial charge in [0.25, 0.3) is 0 Å². The molecule has 0 radical (unpaired) electrons. The highest BCUT2D eigenvalue weighted by Gasteiger charge is 2.43. The van der Waals surface area contributed by atoms with E-state index in [1.54, 1.807) is 14.2 Å². The van der Waals surface area contributed by atoms with Gasteiger partial charge >= 0.3 is 0 Å². The van der Waals surface area contributed by atoms with Crippen molar-refractivity contribution in [1.82, 2.24) is 14.9 Å². The van der Waals surface area contributed by atoms with Crippen molar-refractivity contribution in [3.8, 4) is 17.2 Å². The van der Waals surface area contributed by atoms with E-state index in [-0.39, 0.29) is 12.1 Å². The molecule has 0 saturated carbocycles. The largest absolute Gasteiger partial charge is 0.497 e. The molecular weight excluding hydrogens is 432 g/mol. The Morgan fingerprint density at radius 1 is 0.909 bits per heavy atom. The van der Waals surface area contributed by atoms with Crippen molar-refractivity contribution in [3.05, 3.63) is 103 Å². The molecule has 7 heteroatoms. The van der Waals surface area contributed by atoms with Crippen LogP contribution in [-0.4, -0.2) is 28.9 Å². The summed E-state index contributed by atoms with van der Waals surface area (Å²) in [5, 5.41) is 4.11. The van der Waals surface area contributed by atoms with E-state index >= 15 is 0 Å². The summed E-state index contributed by atoms with van der Waals surface area (Å²) in [5.41, 5.74) is 3.90. The number of anilines is 1. The summed E-state index contributed by atoms with van der Waals surface area (Å²) in [6.07, 6.45) is 3.88. The molecule has 6 nitrogen and oxygen atoms in total. The average Bonchev–Trinajstić information content (AvgIpc) is 3.49. The van der Waals surface area contributed by atoms with Crippen LogP contribution in [0, 0.1) is 0 Å². The predicted octanol–water partition coefficient (Wildman–Crippen LogP) is 5.07. The van der Waals surface area contributed by atoms with E-state index in [2.05, 4.69) is 50.2 Å². The number of pyridine rings is 1. The number of benzene rings is 2. The summed E-state index contributed by atoms with van der Waals surface area (Å²) in [6, 6.07) is 25.8. The third-order valence-corrected chi connectivity index (χ3v) is 6.18. The molecule has 1 aliphatic rings. The molecule has 1 fully saturated rings. The minimum absolute atomic E-state index is 0.160. The second-order valence-corrected chi connectivity index (χ2v) is 8.06. The van der Waals surface area contributed by atoms with Crippen molar-refractivity contribution in [3.63, 3.8) is 0 Å². The number of rotatable bonds is 6. The number of nitrogens with one attached hydrogen (secondary N) is 1. The minimum atomic E-state index is -0.177. The Hall–Kier alpha value is -3.84. The molecule has 1 N–H and O–H groups in total. The van der Waals surface area contributed by atoms with Crippen LogP contribution in [0.5, 0.6) is 11.5 Å². The van der Waals surface area contributed by atoms with Crippen molar-refractivity contribution in [2.75, 3.05) is 19.1 Å². The van der Waals surface area contributed by atoms with Gasteiger partial charge in [0.2, 0.25) is 0 Å². The summed E-state index contributed by atoms with van der Waals surface area (Å²) < 4.78 is 13.4. The van der Waals surface area contributed by atoms with Gasteiger partial charge in [0.1, 0.15) is 17.5 Å². The molecule has 1 saturated heterocycles. The number of thiocarbonyl (C=S) groups is 1. The lowest BCUT2D eigenvalue weighted by molar-refractivity contribution is 0.402. The summed E-state index contributed by atoms with van der Waals surface area (Å²) >= 11 is 5.88. The van der Waals surface area contributed by atoms with E-state index in [0.29, 0.717) is 10.9 Å². The zero-order valence-electron chi connectivity index (χ0n) is 18.4. The molecule has 5 rings (SSSR count). The normalized spacial score (nSPS) is 17.6. The Balaban J connectivity index is 1.70. The molecule has 1 aliphatic heterocycles. The Morgan fingerprint density at radius 2 is 1.73 bits per heavy atom. The summed E-state index contributed by atoms with van der Waals surface area (Å²) in [6.45, 7) is 0. The average molecular weight is 457 g/mol. The van der Waals surface area contributed by atoms with Crippen LogP contribution in [0.1, 0.15) is 23.5 Å². The minimum Gasteiger partial charge on any atom is -0.497 e. The lowest BCUT2D eigenvalue weighted by Crippen LogP contribution is -2.30. The Labute approximate surface area is 198 Å². The Morgan fingerprint density at radius 3 is 2.45 bits per heavy atom. The highest BCUT2D eigenvalue weighted by molar-refractivity contribution is 7.80. The van der Waals surface area contributed by atoms with Gasteiger partial charge in [0.15, 0.2) is 5.11 Å². The molecule has 0 bridgehead atoms. The molecule has 0 aliphatic carbocycles. The molecule has 3 heterocycles. The molecule has 166 valence electrons. The third kappa shape index (κ3) is 3.81. The van der Waals surface area contributed by atoms with Crippen LogP contribution in [0.15, 0.2) is 91.3 Å². The summed E-state index contributed by atoms with van der Waals surface area (Å²) in [4.78, 5) is 6.75. The van der Waals surface area contributed by atoms with E-state index < -0.39 is 0 Å². The van der Waals surface area contributed by atoms with Gasteiger partial charge in [-0.05, 0) is 60.7 Å². The number of para-hydroxylation sites is 1. The monoisotopic (exact) mass is 456 g/mol. The Bertz CT molecular complexity index is 1260. The van der Waals surface area contributed by atoms with Crippen molar-refractivity contribution < 1.29 is 9.47 Å². The summed E-state index contributed by atoms with van der Waals surface area (Å²) in [5.74, 6) is 1.44. The van der Waals surface area contributed by atoms with E-state index in [0.717, 1.165) is 28.5 Å². The van der Waals surface area contributed by atoms with Gasteiger partial charge in [-0.2, -0.15) is 0 Å². The van der Waals surface area contributed by atoms with Crippen LogP contribution in [0.3, 0.4) is 0 Å². The second kappa shape index (κ2) is 8.96. The summed E-state index contributed by atoms with van der Waals surface area (Å²) in [7, 11) is 3.32. The van der Waals surface area contributed by atoms with E-state index in [1.807, 2.05) is 60.8 Å². The number of hydrogen-bond acceptors (Lipinski definition) is 4. The molecule has 33 heavy (non-hydrogen) atoms. The maximum absolute atomic E-state index is 5.88. The third-order valence-electron chi connectivity index (χ3n) is 5.86. The van der Waals surface area contributed by atoms with Crippen LogP contribution in [0.25, 0.3) is 5.69 Å². The fourth-order valence-electron chi connectivity index (χ4n) is 4.36. The van der Waals surface area contributed by atoms with E-state index in [4.69, 9.17) is 21.7 Å². The van der Waals surface area contributed by atoms with Gasteiger partial charge in [-0.25, -0.2) is 0 Å². The predicted molar refractivity (Wildman–Crippen MR) is 133 cm³/mol. The molecule has 2 aromatic carbocycles. The van der Waals surface area contributed by atoms with Crippen LogP contribution < -0.4 is 19.7 Å². The van der Waals surface area contributed by atoms with Crippen LogP contribution >= 0.6 is 12.2 Å². The lowest BCUT2D eigenvalue weighted by atomic mass is 10.0. The standard InChI is InChI=1S/C26H24N4O2S/c1-31-19-13-14-23(32-2)22(17-19)30-25(24(28-26(30)33)20-11-6-7-15-27-20)21-12-8-16-29(21)18-9-4-3-5-10-18/h3-17,24-25H,1-2H3,(H,28,33)/t24-,25-/m1/s1. The van der Waals surface area contributed by atoms with Gasteiger partial charge in [-0.3, -0.25) is 4.98 Å². The zero-order chi connectivity index (χ0) is 22.8. The molecule has 4 aromatic rings. The first-order valence-corrected chi connectivity index (χ1v) is 11.1. The van der Waals surface area contributed by atoms with E-state index in [9.17, 15) is 0 Å². The van der Waals surface area contributed by atoms with Gasteiger partial charge in [-0.15, -0.1) is 0 Å². The molecular formula is C26H24N4O2S. The molecule has 2 atom stereocenters. The van der Waals surface area contributed by atoms with Gasteiger partial charge in [-0.1, -0.05) is 24.3 Å². The molecule has 0 amide bonds. The SMILES string of the molecule is COc1ccc(OC)c(N2C(=S)N[C@H](c3ccccn3)[C@H]2c2cccn2-c2ccccc2)c1. The molecule has 2 aromatic heterocycles. The molecule has 0 unspecified atom stereocenters. The van der Waals surface area contributed by atoms with Gasteiger partial charge < -0.3 is 24.3 Å². The maximum atomic E-state index is 5.88. The second-order valence-electron chi connectivity index (χ2n) is 7.67. The highest BCUT2D eigenvalue weighted by Crippen LogP contribution is 2.45. The van der Waals surface area contributed by atoms with Crippen molar-refractivity contribution in [1.29, 1.82) is 0 Å².